The van der Waals surface area contributed by atoms with Crippen molar-refractivity contribution in [3.8, 4) is 0 Å². The number of rotatable bonds is 5. The molecule has 0 saturated heterocycles. The van der Waals surface area contributed by atoms with E-state index in [0.29, 0.717) is 18.2 Å². The van der Waals surface area contributed by atoms with Crippen LogP contribution in [0.2, 0.25) is 0 Å². The van der Waals surface area contributed by atoms with Crippen molar-refractivity contribution in [2.75, 3.05) is 13.7 Å². The summed E-state index contributed by atoms with van der Waals surface area (Å²) in [6.07, 6.45) is 1.42. The van der Waals surface area contributed by atoms with Gasteiger partial charge in [-0.15, -0.1) is 0 Å². The molecule has 0 aromatic carbocycles. The summed E-state index contributed by atoms with van der Waals surface area (Å²) in [5, 5.41) is 0. The molecule has 2 unspecified atom stereocenters. The van der Waals surface area contributed by atoms with Crippen molar-refractivity contribution in [3.05, 3.63) is 0 Å². The van der Waals surface area contributed by atoms with Gasteiger partial charge in [0, 0.05) is 6.54 Å². The third-order valence-electron chi connectivity index (χ3n) is 1.83. The molecule has 0 aromatic heterocycles. The van der Waals surface area contributed by atoms with E-state index in [1.807, 2.05) is 27.7 Å². The number of hydrogen-bond acceptors (Lipinski definition) is 5. The Morgan fingerprint density at radius 3 is 2.42 bits per heavy atom. The minimum Gasteiger partial charge on any atom is -0.591 e. The molecule has 110 valence electrons. The smallest absolute Gasteiger partial charge is 0.237 e. The molecule has 0 amide bonds. The lowest BCUT2D eigenvalue weighted by Crippen LogP contribution is -2.27. The first-order valence-electron chi connectivity index (χ1n) is 5.99. The molecule has 0 aliphatic carbocycles. The molecule has 0 aromatic rings. The van der Waals surface area contributed by atoms with Crippen molar-refractivity contribution in [1.82, 2.24) is 0 Å². The van der Waals surface area contributed by atoms with E-state index in [-0.39, 0.29) is 0 Å². The highest BCUT2D eigenvalue weighted by Gasteiger charge is 2.26. The number of hydrogen-bond donors (Lipinski definition) is 0. The molecule has 0 saturated carbocycles. The predicted octanol–water partition coefficient (Wildman–Crippen LogP) is 2.61. The molecular formula is C12H22ClN3O2S. The molecule has 5 nitrogen and oxygen atoms in total. The van der Waals surface area contributed by atoms with Gasteiger partial charge in [-0.05, 0) is 34.6 Å². The predicted molar refractivity (Wildman–Crippen MR) is 84.1 cm³/mol. The Bertz CT molecular complexity index is 362. The summed E-state index contributed by atoms with van der Waals surface area (Å²) in [5.41, 5.74) is 0.00798. The van der Waals surface area contributed by atoms with Gasteiger partial charge in [-0.1, -0.05) is 16.0 Å². The Morgan fingerprint density at radius 1 is 1.47 bits per heavy atom. The highest BCUT2D eigenvalue weighted by atomic mass is 35.5. The summed E-state index contributed by atoms with van der Waals surface area (Å²) in [6.45, 7) is 9.69. The third kappa shape index (κ3) is 7.54. The fourth-order valence-electron chi connectivity index (χ4n) is 0.975. The van der Waals surface area contributed by atoms with E-state index in [4.69, 9.17) is 16.3 Å². The van der Waals surface area contributed by atoms with Gasteiger partial charge in [0.2, 0.25) is 5.90 Å². The molecule has 0 aliphatic rings. The molecule has 19 heavy (non-hydrogen) atoms. The second-order valence-corrected chi connectivity index (χ2v) is 7.23. The van der Waals surface area contributed by atoms with Crippen molar-refractivity contribution >= 4 is 40.8 Å². The van der Waals surface area contributed by atoms with E-state index in [1.54, 1.807) is 6.92 Å². The first-order chi connectivity index (χ1) is 8.72. The van der Waals surface area contributed by atoms with Crippen molar-refractivity contribution in [3.63, 3.8) is 0 Å². The number of methoxy groups -OCH3 is 1. The summed E-state index contributed by atoms with van der Waals surface area (Å²) in [6, 6.07) is 0. The van der Waals surface area contributed by atoms with E-state index in [0.717, 1.165) is 0 Å². The highest BCUT2D eigenvalue weighted by Crippen LogP contribution is 2.16. The van der Waals surface area contributed by atoms with Crippen LogP contribution in [-0.2, 0) is 16.1 Å². The minimum absolute atomic E-state index is 0.291. The molecule has 2 atom stereocenters. The van der Waals surface area contributed by atoms with Crippen LogP contribution in [0.5, 0.6) is 0 Å². The number of halogens is 1. The Balaban J connectivity index is 5.15. The van der Waals surface area contributed by atoms with Crippen molar-refractivity contribution in [1.29, 1.82) is 0 Å². The zero-order chi connectivity index (χ0) is 15.1. The van der Waals surface area contributed by atoms with Gasteiger partial charge in [0.05, 0.1) is 7.11 Å². The lowest BCUT2D eigenvalue weighted by molar-refractivity contribution is 0.409. The second kappa shape index (κ2) is 8.55. The van der Waals surface area contributed by atoms with Gasteiger partial charge in [-0.2, -0.15) is 0 Å². The van der Waals surface area contributed by atoms with Gasteiger partial charge in [-0.3, -0.25) is 4.99 Å². The van der Waals surface area contributed by atoms with E-state index in [2.05, 4.69) is 14.4 Å². The third-order valence-corrected chi connectivity index (χ3v) is 3.27. The fourth-order valence-corrected chi connectivity index (χ4v) is 1.58. The first-order valence-corrected chi connectivity index (χ1v) is 7.53. The standard InChI is InChI=1S/C12H22ClN3O2S/c1-7-14-10(11(18-6)16-9(2)13)8-15-19(17)12(3,4)5/h8-9H,7H2,1-6H3. The van der Waals surface area contributed by atoms with E-state index >= 15 is 0 Å². The Kier molecular flexibility index (Phi) is 8.29. The van der Waals surface area contributed by atoms with Gasteiger partial charge in [0.15, 0.2) is 0 Å². The lowest BCUT2D eigenvalue weighted by atomic mass is 10.3. The fraction of sp³-hybridized carbons (Fsp3) is 0.750. The Morgan fingerprint density at radius 2 is 2.05 bits per heavy atom. The average Bonchev–Trinajstić information content (AvgIpc) is 2.29. The van der Waals surface area contributed by atoms with Gasteiger partial charge < -0.3 is 9.29 Å². The summed E-state index contributed by atoms with van der Waals surface area (Å²) >= 11 is 4.46. The molecule has 0 radical (unpaired) electrons. The summed E-state index contributed by atoms with van der Waals surface area (Å²) in [5.74, 6) is 0.291. The molecule has 0 bridgehead atoms. The van der Waals surface area contributed by atoms with Crippen molar-refractivity contribution in [2.24, 2.45) is 14.4 Å². The van der Waals surface area contributed by atoms with Crippen LogP contribution in [0.25, 0.3) is 0 Å². The quantitative estimate of drug-likeness (QED) is 0.257. The molecule has 0 N–H and O–H groups in total. The monoisotopic (exact) mass is 307 g/mol. The number of alkyl halides is 1. The zero-order valence-electron chi connectivity index (χ0n) is 12.3. The topological polar surface area (TPSA) is 69.4 Å². The van der Waals surface area contributed by atoms with Crippen LogP contribution >= 0.6 is 11.6 Å². The highest BCUT2D eigenvalue weighted by molar-refractivity contribution is 7.91. The zero-order valence-corrected chi connectivity index (χ0v) is 13.9. The second-order valence-electron chi connectivity index (χ2n) is 4.67. The van der Waals surface area contributed by atoms with E-state index in [9.17, 15) is 4.55 Å². The molecule has 0 fully saturated rings. The normalized spacial score (nSPS) is 17.7. The number of nitrogens with zero attached hydrogens (tertiary/aromatic N) is 3. The van der Waals surface area contributed by atoms with E-state index < -0.39 is 21.6 Å². The maximum absolute atomic E-state index is 11.9. The van der Waals surface area contributed by atoms with Crippen LogP contribution in [0.3, 0.4) is 0 Å². The van der Waals surface area contributed by atoms with Gasteiger partial charge in [-0.25, -0.2) is 4.99 Å². The van der Waals surface area contributed by atoms with Crippen LogP contribution in [0.15, 0.2) is 14.4 Å². The Hall–Kier alpha value is -0.590. The Labute approximate surface area is 123 Å². The average molecular weight is 308 g/mol. The van der Waals surface area contributed by atoms with E-state index in [1.165, 1.54) is 13.3 Å². The minimum atomic E-state index is -1.35. The first kappa shape index (κ1) is 18.4. The number of ether oxygens (including phenoxy) is 1. The SMILES string of the molecule is CCN=C(C=N[S+]([O-])C(C)(C)C)C(=NC(C)Cl)OC. The molecule has 0 aliphatic heterocycles. The molecule has 0 spiro atoms. The molecule has 0 heterocycles. The van der Waals surface area contributed by atoms with Crippen LogP contribution < -0.4 is 0 Å². The molecular weight excluding hydrogens is 286 g/mol. The van der Waals surface area contributed by atoms with Gasteiger partial charge >= 0.3 is 0 Å². The van der Waals surface area contributed by atoms with Crippen molar-refractivity contribution in [2.45, 2.75) is 44.9 Å². The summed E-state index contributed by atoms with van der Waals surface area (Å²) in [4.78, 5) is 8.31. The van der Waals surface area contributed by atoms with Crippen LogP contribution in [-0.4, -0.2) is 46.3 Å². The maximum Gasteiger partial charge on any atom is 0.237 e. The van der Waals surface area contributed by atoms with Crippen LogP contribution in [0.1, 0.15) is 34.6 Å². The van der Waals surface area contributed by atoms with Crippen molar-refractivity contribution < 1.29 is 9.29 Å². The van der Waals surface area contributed by atoms with Gasteiger partial charge in [0.1, 0.15) is 33.5 Å². The number of aliphatic imine (C=N–C) groups is 2. The maximum atomic E-state index is 11.9. The molecule has 7 heteroatoms. The largest absolute Gasteiger partial charge is 0.591 e. The lowest BCUT2D eigenvalue weighted by Gasteiger charge is -2.17. The van der Waals surface area contributed by atoms with Crippen LogP contribution in [0, 0.1) is 0 Å². The summed E-state index contributed by atoms with van der Waals surface area (Å²) < 4.78 is 20.6. The van der Waals surface area contributed by atoms with Gasteiger partial charge in [0.25, 0.3) is 0 Å². The summed E-state index contributed by atoms with van der Waals surface area (Å²) in [7, 11) is 1.48. The molecule has 0 rings (SSSR count). The van der Waals surface area contributed by atoms with Crippen LogP contribution in [0.4, 0.5) is 0 Å².